The molecule has 0 saturated heterocycles. The van der Waals surface area contributed by atoms with E-state index in [1.807, 2.05) is 6.92 Å². The highest BCUT2D eigenvalue weighted by Crippen LogP contribution is 2.14. The minimum atomic E-state index is -0.0673. The normalized spacial score (nSPS) is 11.9. The standard InChI is InChI=1S/C12H16N6O/c1-8(11-14-7-15-17-11)16-10-5-4-9(6-13-10)12(19)18(2)3/h4-8H,1-3H3,(H,13,16)(H,14,15,17). The molecule has 0 bridgehead atoms. The molecule has 0 aliphatic carbocycles. The molecule has 0 aliphatic rings. The van der Waals surface area contributed by atoms with Gasteiger partial charge in [0.05, 0.1) is 11.6 Å². The van der Waals surface area contributed by atoms with E-state index in [-0.39, 0.29) is 11.9 Å². The molecule has 0 fully saturated rings. The third-order valence-electron chi connectivity index (χ3n) is 2.62. The number of aromatic nitrogens is 4. The van der Waals surface area contributed by atoms with Gasteiger partial charge in [-0.15, -0.1) is 0 Å². The first-order chi connectivity index (χ1) is 9.08. The van der Waals surface area contributed by atoms with E-state index < -0.39 is 0 Å². The molecule has 0 spiro atoms. The van der Waals surface area contributed by atoms with Crippen LogP contribution in [0.15, 0.2) is 24.7 Å². The zero-order chi connectivity index (χ0) is 13.8. The molecule has 0 radical (unpaired) electrons. The minimum absolute atomic E-state index is 0.0367. The number of pyridine rings is 1. The van der Waals surface area contributed by atoms with Crippen LogP contribution in [0, 0.1) is 0 Å². The number of nitrogens with one attached hydrogen (secondary N) is 2. The SMILES string of the molecule is CC(Nc1ccc(C(=O)N(C)C)cn1)c1ncn[nH]1. The van der Waals surface area contributed by atoms with Gasteiger partial charge in [0.2, 0.25) is 0 Å². The van der Waals surface area contributed by atoms with Crippen LogP contribution >= 0.6 is 0 Å². The van der Waals surface area contributed by atoms with Crippen molar-refractivity contribution in [3.63, 3.8) is 0 Å². The van der Waals surface area contributed by atoms with Gasteiger partial charge in [0.15, 0.2) is 0 Å². The van der Waals surface area contributed by atoms with Gasteiger partial charge in [-0.1, -0.05) is 0 Å². The first-order valence-corrected chi connectivity index (χ1v) is 5.87. The quantitative estimate of drug-likeness (QED) is 0.858. The third kappa shape index (κ3) is 3.06. The summed E-state index contributed by atoms with van der Waals surface area (Å²) in [4.78, 5) is 21.5. The molecule has 0 saturated carbocycles. The van der Waals surface area contributed by atoms with Crippen LogP contribution in [0.4, 0.5) is 5.82 Å². The molecular formula is C12H16N6O. The summed E-state index contributed by atoms with van der Waals surface area (Å²) in [6, 6.07) is 3.47. The number of carbonyl (C=O) groups is 1. The van der Waals surface area contributed by atoms with Gasteiger partial charge in [-0.3, -0.25) is 9.89 Å². The summed E-state index contributed by atoms with van der Waals surface area (Å²) in [6.45, 7) is 1.95. The van der Waals surface area contributed by atoms with E-state index >= 15 is 0 Å². The average molecular weight is 260 g/mol. The van der Waals surface area contributed by atoms with Crippen LogP contribution in [0.5, 0.6) is 0 Å². The van der Waals surface area contributed by atoms with E-state index in [4.69, 9.17) is 0 Å². The van der Waals surface area contributed by atoms with Gasteiger partial charge in [0.1, 0.15) is 18.0 Å². The molecule has 2 heterocycles. The van der Waals surface area contributed by atoms with Crippen molar-refractivity contribution in [1.29, 1.82) is 0 Å². The number of amides is 1. The number of hydrogen-bond donors (Lipinski definition) is 2. The van der Waals surface area contributed by atoms with E-state index in [1.54, 1.807) is 32.4 Å². The van der Waals surface area contributed by atoms with E-state index in [0.717, 1.165) is 5.82 Å². The number of nitrogens with zero attached hydrogens (tertiary/aromatic N) is 4. The number of rotatable bonds is 4. The maximum absolute atomic E-state index is 11.7. The van der Waals surface area contributed by atoms with Crippen molar-refractivity contribution < 1.29 is 4.79 Å². The lowest BCUT2D eigenvalue weighted by Gasteiger charge is -2.13. The molecule has 100 valence electrons. The number of H-pyrrole nitrogens is 1. The van der Waals surface area contributed by atoms with Crippen molar-refractivity contribution in [2.24, 2.45) is 0 Å². The van der Waals surface area contributed by atoms with Crippen LogP contribution in [0.1, 0.15) is 29.1 Å². The van der Waals surface area contributed by atoms with Gasteiger partial charge in [-0.25, -0.2) is 9.97 Å². The lowest BCUT2D eigenvalue weighted by atomic mass is 10.2. The first kappa shape index (κ1) is 13.0. The zero-order valence-corrected chi connectivity index (χ0v) is 11.1. The average Bonchev–Trinajstić information content (AvgIpc) is 2.92. The Kier molecular flexibility index (Phi) is 3.74. The molecule has 0 aliphatic heterocycles. The fourth-order valence-corrected chi connectivity index (χ4v) is 1.58. The molecule has 7 nitrogen and oxygen atoms in total. The Hall–Kier alpha value is -2.44. The predicted octanol–water partition coefficient (Wildman–Crippen LogP) is 1.07. The Morgan fingerprint density at radius 1 is 1.37 bits per heavy atom. The summed E-state index contributed by atoms with van der Waals surface area (Å²) in [5.74, 6) is 1.34. The van der Waals surface area contributed by atoms with Crippen LogP contribution in [-0.4, -0.2) is 45.1 Å². The molecule has 2 aromatic heterocycles. The fourth-order valence-electron chi connectivity index (χ4n) is 1.58. The number of aromatic amines is 1. The Labute approximate surface area is 111 Å². The Morgan fingerprint density at radius 2 is 2.16 bits per heavy atom. The van der Waals surface area contributed by atoms with Gasteiger partial charge >= 0.3 is 0 Å². The molecule has 0 aromatic carbocycles. The smallest absolute Gasteiger partial charge is 0.254 e. The summed E-state index contributed by atoms with van der Waals surface area (Å²) in [5.41, 5.74) is 0.558. The van der Waals surface area contributed by atoms with Crippen molar-refractivity contribution in [3.05, 3.63) is 36.0 Å². The Balaban J connectivity index is 2.05. The summed E-state index contributed by atoms with van der Waals surface area (Å²) >= 11 is 0. The second-order valence-corrected chi connectivity index (χ2v) is 4.37. The van der Waals surface area contributed by atoms with Crippen molar-refractivity contribution in [2.45, 2.75) is 13.0 Å². The highest BCUT2D eigenvalue weighted by Gasteiger charge is 2.11. The zero-order valence-electron chi connectivity index (χ0n) is 11.1. The molecule has 2 rings (SSSR count). The topological polar surface area (TPSA) is 86.8 Å². The van der Waals surface area contributed by atoms with Crippen molar-refractivity contribution in [1.82, 2.24) is 25.1 Å². The van der Waals surface area contributed by atoms with Crippen LogP contribution in [0.25, 0.3) is 0 Å². The molecule has 1 amide bonds. The summed E-state index contributed by atoms with van der Waals surface area (Å²) in [5, 5.41) is 9.75. The van der Waals surface area contributed by atoms with E-state index in [9.17, 15) is 4.79 Å². The van der Waals surface area contributed by atoms with Crippen LogP contribution in [-0.2, 0) is 0 Å². The molecule has 19 heavy (non-hydrogen) atoms. The molecule has 1 atom stereocenters. The second-order valence-electron chi connectivity index (χ2n) is 4.37. The summed E-state index contributed by atoms with van der Waals surface area (Å²) in [7, 11) is 3.42. The van der Waals surface area contributed by atoms with E-state index in [2.05, 4.69) is 25.5 Å². The lowest BCUT2D eigenvalue weighted by molar-refractivity contribution is 0.0827. The highest BCUT2D eigenvalue weighted by atomic mass is 16.2. The maximum Gasteiger partial charge on any atom is 0.254 e. The van der Waals surface area contributed by atoms with Gasteiger partial charge in [-0.2, -0.15) is 5.10 Å². The van der Waals surface area contributed by atoms with Gasteiger partial charge in [0.25, 0.3) is 5.91 Å². The largest absolute Gasteiger partial charge is 0.360 e. The van der Waals surface area contributed by atoms with Gasteiger partial charge in [0, 0.05) is 20.3 Å². The maximum atomic E-state index is 11.7. The number of anilines is 1. The second kappa shape index (κ2) is 5.47. The van der Waals surface area contributed by atoms with Crippen LogP contribution in [0.3, 0.4) is 0 Å². The monoisotopic (exact) mass is 260 g/mol. The van der Waals surface area contributed by atoms with Crippen LogP contribution in [0.2, 0.25) is 0 Å². The highest BCUT2D eigenvalue weighted by molar-refractivity contribution is 5.93. The van der Waals surface area contributed by atoms with E-state index in [0.29, 0.717) is 11.4 Å². The summed E-state index contributed by atoms with van der Waals surface area (Å²) < 4.78 is 0. The Bertz CT molecular complexity index is 534. The van der Waals surface area contributed by atoms with Gasteiger partial charge in [-0.05, 0) is 19.1 Å². The molecule has 2 aromatic rings. The lowest BCUT2D eigenvalue weighted by Crippen LogP contribution is -2.21. The van der Waals surface area contributed by atoms with E-state index in [1.165, 1.54) is 11.2 Å². The molecule has 7 heteroatoms. The fraction of sp³-hybridized carbons (Fsp3) is 0.333. The first-order valence-electron chi connectivity index (χ1n) is 5.87. The number of carbonyl (C=O) groups excluding carboxylic acids is 1. The van der Waals surface area contributed by atoms with Crippen molar-refractivity contribution >= 4 is 11.7 Å². The predicted molar refractivity (Wildman–Crippen MR) is 70.7 cm³/mol. The minimum Gasteiger partial charge on any atom is -0.360 e. The molecule has 2 N–H and O–H groups in total. The third-order valence-corrected chi connectivity index (χ3v) is 2.62. The molecule has 1 unspecified atom stereocenters. The Morgan fingerprint density at radius 3 is 2.68 bits per heavy atom. The summed E-state index contributed by atoms with van der Waals surface area (Å²) in [6.07, 6.45) is 3.01. The number of hydrogen-bond acceptors (Lipinski definition) is 5. The van der Waals surface area contributed by atoms with Crippen LogP contribution < -0.4 is 5.32 Å². The van der Waals surface area contributed by atoms with Crippen molar-refractivity contribution in [3.8, 4) is 0 Å². The molecular weight excluding hydrogens is 244 g/mol. The van der Waals surface area contributed by atoms with Crippen molar-refractivity contribution in [2.75, 3.05) is 19.4 Å². The van der Waals surface area contributed by atoms with Gasteiger partial charge < -0.3 is 10.2 Å².